The molecule has 1 aromatic rings. The Kier molecular flexibility index (Phi) is 4.99. The maximum Gasteiger partial charge on any atom is 0.246 e. The van der Waals surface area contributed by atoms with E-state index in [4.69, 9.17) is 0 Å². The van der Waals surface area contributed by atoms with Gasteiger partial charge in [0.15, 0.2) is 0 Å². The van der Waals surface area contributed by atoms with E-state index >= 15 is 0 Å². The minimum atomic E-state index is -0.409. The minimum Gasteiger partial charge on any atom is -0.342 e. The summed E-state index contributed by atoms with van der Waals surface area (Å²) in [5.74, 6) is 0.0120. The van der Waals surface area contributed by atoms with Gasteiger partial charge in [0.25, 0.3) is 0 Å². The number of carbonyl (C=O) groups is 2. The van der Waals surface area contributed by atoms with Gasteiger partial charge in [0.2, 0.25) is 11.8 Å². The molecule has 1 heterocycles. The molecule has 0 aromatic heterocycles. The van der Waals surface area contributed by atoms with E-state index in [2.05, 4.69) is 5.32 Å². The van der Waals surface area contributed by atoms with Crippen LogP contribution in [-0.2, 0) is 16.0 Å². The molecule has 2 unspecified atom stereocenters. The number of amides is 2. The van der Waals surface area contributed by atoms with Crippen LogP contribution >= 0.6 is 0 Å². The number of nitrogens with one attached hydrogen (secondary N) is 1. The maximum atomic E-state index is 12.6. The van der Waals surface area contributed by atoms with Crippen molar-refractivity contribution in [2.24, 2.45) is 0 Å². The van der Waals surface area contributed by atoms with Gasteiger partial charge in [-0.2, -0.15) is 0 Å². The van der Waals surface area contributed by atoms with Crippen LogP contribution < -0.4 is 5.32 Å². The first-order valence-corrected chi connectivity index (χ1v) is 7.71. The van der Waals surface area contributed by atoms with Crippen molar-refractivity contribution in [2.75, 3.05) is 0 Å². The third-order valence-electron chi connectivity index (χ3n) is 3.91. The second kappa shape index (κ2) is 6.74. The summed E-state index contributed by atoms with van der Waals surface area (Å²) in [6, 6.07) is 9.10. The Morgan fingerprint density at radius 3 is 2.43 bits per heavy atom. The van der Waals surface area contributed by atoms with E-state index in [0.29, 0.717) is 12.8 Å². The molecule has 2 atom stereocenters. The number of nitrogens with zero attached hydrogens (tertiary/aromatic N) is 1. The summed E-state index contributed by atoms with van der Waals surface area (Å²) in [5.41, 5.74) is 1.07. The average molecular weight is 288 g/mol. The summed E-state index contributed by atoms with van der Waals surface area (Å²) in [7, 11) is 0. The summed E-state index contributed by atoms with van der Waals surface area (Å²) in [5, 5.41) is 2.89. The fraction of sp³-hybridized carbons (Fsp3) is 0.529. The maximum absolute atomic E-state index is 12.6. The lowest BCUT2D eigenvalue weighted by Crippen LogP contribution is -2.65. The van der Waals surface area contributed by atoms with Gasteiger partial charge in [-0.1, -0.05) is 43.7 Å². The molecule has 1 saturated heterocycles. The highest BCUT2D eigenvalue weighted by Gasteiger charge is 2.41. The molecular formula is C17H24N2O2. The summed E-state index contributed by atoms with van der Waals surface area (Å²) in [4.78, 5) is 26.8. The van der Waals surface area contributed by atoms with Crippen molar-refractivity contribution in [3.63, 3.8) is 0 Å². The lowest BCUT2D eigenvalue weighted by Gasteiger charge is -2.41. The largest absolute Gasteiger partial charge is 0.342 e. The summed E-state index contributed by atoms with van der Waals surface area (Å²) < 4.78 is 0. The van der Waals surface area contributed by atoms with E-state index in [1.165, 1.54) is 0 Å². The van der Waals surface area contributed by atoms with Gasteiger partial charge >= 0.3 is 0 Å². The number of carbonyl (C=O) groups excluding carboxylic acids is 2. The van der Waals surface area contributed by atoms with E-state index in [0.717, 1.165) is 12.0 Å². The molecule has 1 N–H and O–H groups in total. The minimum absolute atomic E-state index is 0.0246. The van der Waals surface area contributed by atoms with E-state index in [-0.39, 0.29) is 23.9 Å². The zero-order valence-electron chi connectivity index (χ0n) is 13.0. The molecule has 2 amide bonds. The molecule has 0 saturated carbocycles. The van der Waals surface area contributed by atoms with Crippen LogP contribution in [0.4, 0.5) is 0 Å². The second-order valence-electron chi connectivity index (χ2n) is 5.89. The SMILES string of the molecule is CCCC1NC(=O)C(Cc2ccccc2)N(C(C)C)C1=O. The van der Waals surface area contributed by atoms with Crippen molar-refractivity contribution in [1.29, 1.82) is 0 Å². The molecule has 1 aliphatic rings. The average Bonchev–Trinajstić information content (AvgIpc) is 2.45. The second-order valence-corrected chi connectivity index (χ2v) is 5.89. The van der Waals surface area contributed by atoms with Crippen LogP contribution in [-0.4, -0.2) is 34.8 Å². The van der Waals surface area contributed by atoms with Crippen molar-refractivity contribution in [1.82, 2.24) is 10.2 Å². The van der Waals surface area contributed by atoms with Gasteiger partial charge in [-0.25, -0.2) is 0 Å². The van der Waals surface area contributed by atoms with Crippen LogP contribution in [0.3, 0.4) is 0 Å². The molecule has 0 aliphatic carbocycles. The van der Waals surface area contributed by atoms with Gasteiger partial charge in [-0.15, -0.1) is 0 Å². The van der Waals surface area contributed by atoms with E-state index in [1.54, 1.807) is 4.90 Å². The predicted octanol–water partition coefficient (Wildman–Crippen LogP) is 2.13. The molecule has 1 aromatic carbocycles. The first-order valence-electron chi connectivity index (χ1n) is 7.71. The van der Waals surface area contributed by atoms with Crippen LogP contribution in [0.15, 0.2) is 30.3 Å². The molecule has 1 fully saturated rings. The lowest BCUT2D eigenvalue weighted by molar-refractivity contribution is -0.151. The molecule has 0 radical (unpaired) electrons. The molecular weight excluding hydrogens is 264 g/mol. The standard InChI is InChI=1S/C17H24N2O2/c1-4-8-14-17(21)19(12(2)3)15(16(20)18-14)11-13-9-6-5-7-10-13/h5-7,9-10,12,14-15H,4,8,11H2,1-3H3,(H,18,20). The quantitative estimate of drug-likeness (QED) is 0.902. The van der Waals surface area contributed by atoms with Gasteiger partial charge in [0.1, 0.15) is 12.1 Å². The van der Waals surface area contributed by atoms with Crippen molar-refractivity contribution in [3.05, 3.63) is 35.9 Å². The van der Waals surface area contributed by atoms with Crippen LogP contribution in [0.25, 0.3) is 0 Å². The fourth-order valence-electron chi connectivity index (χ4n) is 2.92. The molecule has 1 aliphatic heterocycles. The number of hydrogen-bond donors (Lipinski definition) is 1. The highest BCUT2D eigenvalue weighted by atomic mass is 16.2. The smallest absolute Gasteiger partial charge is 0.246 e. The number of hydrogen-bond acceptors (Lipinski definition) is 2. The van der Waals surface area contributed by atoms with Crippen LogP contribution in [0.1, 0.15) is 39.2 Å². The van der Waals surface area contributed by atoms with Crippen LogP contribution in [0.5, 0.6) is 0 Å². The molecule has 4 heteroatoms. The number of benzene rings is 1. The molecule has 0 spiro atoms. The topological polar surface area (TPSA) is 49.4 Å². The van der Waals surface area contributed by atoms with Crippen LogP contribution in [0.2, 0.25) is 0 Å². The monoisotopic (exact) mass is 288 g/mol. The van der Waals surface area contributed by atoms with Crippen molar-refractivity contribution < 1.29 is 9.59 Å². The summed E-state index contributed by atoms with van der Waals surface area (Å²) in [6.45, 7) is 5.96. The number of rotatable bonds is 5. The van der Waals surface area contributed by atoms with Crippen molar-refractivity contribution in [3.8, 4) is 0 Å². The van der Waals surface area contributed by atoms with Gasteiger partial charge < -0.3 is 10.2 Å². The third-order valence-corrected chi connectivity index (χ3v) is 3.91. The molecule has 114 valence electrons. The Bertz CT molecular complexity index is 499. The van der Waals surface area contributed by atoms with E-state index in [1.807, 2.05) is 51.1 Å². The highest BCUT2D eigenvalue weighted by molar-refractivity contribution is 5.97. The zero-order chi connectivity index (χ0) is 15.4. The first kappa shape index (κ1) is 15.5. The lowest BCUT2D eigenvalue weighted by atomic mass is 9.96. The van der Waals surface area contributed by atoms with E-state index in [9.17, 15) is 9.59 Å². The zero-order valence-corrected chi connectivity index (χ0v) is 13.0. The fourth-order valence-corrected chi connectivity index (χ4v) is 2.92. The third kappa shape index (κ3) is 3.43. The Morgan fingerprint density at radius 1 is 1.19 bits per heavy atom. The first-order chi connectivity index (χ1) is 10.0. The van der Waals surface area contributed by atoms with Gasteiger partial charge in [0, 0.05) is 12.5 Å². The van der Waals surface area contributed by atoms with Crippen molar-refractivity contribution in [2.45, 2.75) is 58.2 Å². The van der Waals surface area contributed by atoms with Crippen molar-refractivity contribution >= 4 is 11.8 Å². The van der Waals surface area contributed by atoms with Crippen LogP contribution in [0, 0.1) is 0 Å². The van der Waals surface area contributed by atoms with Gasteiger partial charge in [-0.05, 0) is 25.8 Å². The van der Waals surface area contributed by atoms with Gasteiger partial charge in [-0.3, -0.25) is 9.59 Å². The molecule has 4 nitrogen and oxygen atoms in total. The Labute approximate surface area is 126 Å². The molecule has 21 heavy (non-hydrogen) atoms. The predicted molar refractivity (Wildman–Crippen MR) is 82.8 cm³/mol. The Morgan fingerprint density at radius 2 is 1.86 bits per heavy atom. The molecule has 0 bridgehead atoms. The van der Waals surface area contributed by atoms with E-state index < -0.39 is 6.04 Å². The Hall–Kier alpha value is -1.84. The Balaban J connectivity index is 2.22. The number of piperazine rings is 1. The summed E-state index contributed by atoms with van der Waals surface area (Å²) in [6.07, 6.45) is 2.15. The summed E-state index contributed by atoms with van der Waals surface area (Å²) >= 11 is 0. The normalized spacial score (nSPS) is 22.6. The molecule has 2 rings (SSSR count). The highest BCUT2D eigenvalue weighted by Crippen LogP contribution is 2.19. The van der Waals surface area contributed by atoms with Gasteiger partial charge in [0.05, 0.1) is 0 Å².